The van der Waals surface area contributed by atoms with E-state index in [9.17, 15) is 114 Å². The summed E-state index contributed by atoms with van der Waals surface area (Å²) in [5, 5.41) is 146. The maximum Gasteiger partial charge on any atom is 0.326 e. The van der Waals surface area contributed by atoms with Crippen molar-refractivity contribution in [2.45, 2.75) is 157 Å². The van der Waals surface area contributed by atoms with Crippen LogP contribution in [0.5, 0.6) is 0 Å². The fraction of sp³-hybridized carbons (Fsp3) is 0.558. The van der Waals surface area contributed by atoms with Gasteiger partial charge in [-0.25, -0.2) is 14.8 Å². The van der Waals surface area contributed by atoms with Gasteiger partial charge in [0.05, 0.1) is 49.9 Å². The molecule has 3 rings (SSSR count). The molecule has 0 unspecified atom stereocenters. The van der Waals surface area contributed by atoms with E-state index >= 15 is 0 Å². The van der Waals surface area contributed by atoms with Crippen LogP contribution in [0.4, 0.5) is 11.6 Å². The molecule has 0 aliphatic carbocycles. The molecule has 13 atom stereocenters. The average Bonchev–Trinajstić information content (AvgIpc) is 0.984. The predicted octanol–water partition coefficient (Wildman–Crippen LogP) is -9.21. The molecule has 0 radical (unpaired) electrons. The summed E-state index contributed by atoms with van der Waals surface area (Å²) in [5.41, 5.74) is 5.59. The number of nitrogens with two attached hydrogens (primary N) is 1. The number of rotatable bonds is 41. The SMILES string of the molecule is CC(=O)[C@@H](CCC(=O)O)NC(=O)[C@H](CCC(=O)NC[C@H](O)[C@@H](O)[C@H](O)[C@H](O)CO)NC(=O)[C@@H](CCC(=O)O)NC(=O)[C@H](CCC(=O)NC[C@H](O)[C@@H](O)[C@H](O)[C@H](O)CO)NC(=O)CC[C@H](NC(=O)c1ccc(NCc2cnc3nc(N)[nH]c(=O)c3n2)cc1)C(=O)O. The molecule has 1 aromatic carbocycles. The number of carbonyl (C=O) groups excluding carboxylic acids is 8. The number of aliphatic carboxylic acids is 3. The molecule has 0 aliphatic heterocycles. The zero-order chi connectivity index (χ0) is 67.5. The summed E-state index contributed by atoms with van der Waals surface area (Å²) in [6.45, 7) is -2.61. The second-order valence-electron chi connectivity index (χ2n) is 20.4. The second kappa shape index (κ2) is 37.1. The lowest BCUT2D eigenvalue weighted by Crippen LogP contribution is -2.58. The molecular weight excluding hydrogens is 1210 g/mol. The molecule has 0 saturated carbocycles. The summed E-state index contributed by atoms with van der Waals surface area (Å²) < 4.78 is 0. The molecule has 0 bridgehead atoms. The third kappa shape index (κ3) is 25.2. The summed E-state index contributed by atoms with van der Waals surface area (Å²) in [7, 11) is 0. The van der Waals surface area contributed by atoms with Crippen LogP contribution >= 0.6 is 0 Å². The number of aliphatic hydroxyl groups excluding tert-OH is 10. The topological polar surface area (TPSA) is 645 Å². The molecule has 90 heavy (non-hydrogen) atoms. The van der Waals surface area contributed by atoms with E-state index in [1.165, 1.54) is 30.5 Å². The molecule has 3 aromatic rings. The lowest BCUT2D eigenvalue weighted by molar-refractivity contribution is -0.140. The molecule has 7 amide bonds. The molecule has 38 heteroatoms. The third-order valence-electron chi connectivity index (χ3n) is 13.4. The Kier molecular flexibility index (Phi) is 31.0. The van der Waals surface area contributed by atoms with Crippen LogP contribution in [0.25, 0.3) is 11.2 Å². The number of nitrogen functional groups attached to an aromatic ring is 1. The standard InChI is InChI=1S/C52H75N13O25/c1-22(68)26(9-14-38(76)77)60-48(86)28(7-12-36(74)56-19-32(70)42(81)44(83)34(72)21-67)61-49(87)29(10-15-39(78)79)62-47(85)27(6-11-35(73)55-18-31(69)41(80)43(82)33(71)20-66)59-37(75)13-8-30(51(89)90)63-46(84)23-2-4-24(5-3-23)54-16-25-17-57-45-40(58-25)50(88)65-52(53)64-45/h2-5,17,26-34,41-44,54,66-67,69-72,80-83H,6-16,18-21H2,1H3,(H,55,73)(H,56,74)(H,59,75)(H,60,86)(H,61,87)(H,62,85)(H,63,84)(H,76,77)(H,78,79)(H,89,90)(H3,53,57,64,65,88)/t26-,27+,28+,29-,30+,31+,32+,33-,34-,41-,42-,43-,44-/m1/s1. The predicted molar refractivity (Wildman–Crippen MR) is 303 cm³/mol. The number of carbonyl (C=O) groups is 11. The van der Waals surface area contributed by atoms with E-state index in [0.29, 0.717) is 11.4 Å². The Morgan fingerprint density at radius 3 is 1.41 bits per heavy atom. The van der Waals surface area contributed by atoms with Crippen LogP contribution in [0.1, 0.15) is 87.2 Å². The summed E-state index contributed by atoms with van der Waals surface area (Å²) in [4.78, 5) is 170. The minimum absolute atomic E-state index is 0.0154. The number of hydrogen-bond donors (Lipinski definition) is 23. The van der Waals surface area contributed by atoms with Gasteiger partial charge in [0.1, 0.15) is 60.8 Å². The van der Waals surface area contributed by atoms with Crippen molar-refractivity contribution in [3.8, 4) is 0 Å². The summed E-state index contributed by atoms with van der Waals surface area (Å²) in [5.74, 6) is -13.4. The van der Waals surface area contributed by atoms with Crippen molar-refractivity contribution in [3.63, 3.8) is 0 Å². The maximum atomic E-state index is 14.2. The van der Waals surface area contributed by atoms with Gasteiger partial charge in [0.25, 0.3) is 11.5 Å². The van der Waals surface area contributed by atoms with Gasteiger partial charge in [-0.3, -0.25) is 57.7 Å². The van der Waals surface area contributed by atoms with E-state index in [0.717, 1.165) is 6.92 Å². The van der Waals surface area contributed by atoms with Crippen LogP contribution in [0.15, 0.2) is 35.3 Å². The minimum Gasteiger partial charge on any atom is -0.481 e. The molecule has 0 aliphatic rings. The zero-order valence-electron chi connectivity index (χ0n) is 48.1. The summed E-state index contributed by atoms with van der Waals surface area (Å²) in [6, 6.07) is -3.51. The first-order valence-electron chi connectivity index (χ1n) is 27.6. The number of ketones is 1. The molecule has 0 saturated heterocycles. The number of benzene rings is 1. The van der Waals surface area contributed by atoms with Gasteiger partial charge in [0.15, 0.2) is 16.9 Å². The normalized spacial score (nSPS) is 15.6. The van der Waals surface area contributed by atoms with Gasteiger partial charge in [-0.1, -0.05) is 0 Å². The Balaban J connectivity index is 1.86. The van der Waals surface area contributed by atoms with Crippen LogP contribution in [0, 0.1) is 0 Å². The minimum atomic E-state index is -2.12. The molecule has 2 heterocycles. The lowest BCUT2D eigenvalue weighted by Gasteiger charge is -2.27. The van der Waals surface area contributed by atoms with Gasteiger partial charge >= 0.3 is 17.9 Å². The molecule has 38 nitrogen and oxygen atoms in total. The van der Waals surface area contributed by atoms with Crippen molar-refractivity contribution in [1.82, 2.24) is 57.2 Å². The highest BCUT2D eigenvalue weighted by Gasteiger charge is 2.35. The number of aromatic amines is 1. The van der Waals surface area contributed by atoms with Gasteiger partial charge in [-0.2, -0.15) is 4.98 Å². The van der Waals surface area contributed by atoms with Gasteiger partial charge in [0, 0.05) is 56.4 Å². The first-order chi connectivity index (χ1) is 42.3. The fourth-order valence-corrected chi connectivity index (χ4v) is 8.10. The average molecular weight is 1280 g/mol. The van der Waals surface area contributed by atoms with Crippen LogP contribution in [0.3, 0.4) is 0 Å². The van der Waals surface area contributed by atoms with Crippen molar-refractivity contribution in [2.24, 2.45) is 0 Å². The Bertz CT molecular complexity index is 3030. The van der Waals surface area contributed by atoms with Crippen LogP contribution in [0.2, 0.25) is 0 Å². The first kappa shape index (κ1) is 75.3. The number of fused-ring (bicyclic) bond motifs is 1. The number of carboxylic acid groups (broad SMARTS) is 3. The van der Waals surface area contributed by atoms with E-state index in [-0.39, 0.29) is 29.2 Å². The fourth-order valence-electron chi connectivity index (χ4n) is 8.10. The van der Waals surface area contributed by atoms with Crippen molar-refractivity contribution >= 4 is 87.8 Å². The largest absolute Gasteiger partial charge is 0.481 e. The summed E-state index contributed by atoms with van der Waals surface area (Å²) in [6.07, 6.45) is -21.9. The Morgan fingerprint density at radius 2 is 0.956 bits per heavy atom. The lowest BCUT2D eigenvalue weighted by atomic mass is 10.0. The molecule has 498 valence electrons. The van der Waals surface area contributed by atoms with Crippen molar-refractivity contribution in [1.29, 1.82) is 0 Å². The highest BCUT2D eigenvalue weighted by molar-refractivity contribution is 5.98. The first-order valence-corrected chi connectivity index (χ1v) is 27.6. The number of nitrogens with one attached hydrogen (secondary N) is 9. The smallest absolute Gasteiger partial charge is 0.326 e. The van der Waals surface area contributed by atoms with E-state index in [1.807, 2.05) is 0 Å². The van der Waals surface area contributed by atoms with Crippen molar-refractivity contribution < 1.29 is 119 Å². The highest BCUT2D eigenvalue weighted by atomic mass is 16.4. The van der Waals surface area contributed by atoms with Crippen LogP contribution < -0.4 is 53.8 Å². The molecule has 2 aromatic heterocycles. The Labute approximate surface area is 509 Å². The molecule has 0 spiro atoms. The number of nitrogens with zero attached hydrogens (tertiary/aromatic N) is 3. The number of Topliss-reactive ketones (excluding diaryl/α,β-unsaturated/α-hetero) is 1. The van der Waals surface area contributed by atoms with Gasteiger partial charge in [-0.05, 0) is 63.3 Å². The number of carboxylic acids is 3. The monoisotopic (exact) mass is 1280 g/mol. The number of amides is 7. The quantitative estimate of drug-likeness (QED) is 0.0251. The molecule has 0 fully saturated rings. The number of anilines is 2. The van der Waals surface area contributed by atoms with Crippen molar-refractivity contribution in [2.75, 3.05) is 37.4 Å². The van der Waals surface area contributed by atoms with Crippen LogP contribution in [-0.2, 0) is 54.5 Å². The Morgan fingerprint density at radius 1 is 0.533 bits per heavy atom. The van der Waals surface area contributed by atoms with E-state index < -0.39 is 240 Å². The van der Waals surface area contributed by atoms with E-state index in [4.69, 9.17) is 15.9 Å². The summed E-state index contributed by atoms with van der Waals surface area (Å²) >= 11 is 0. The van der Waals surface area contributed by atoms with Gasteiger partial charge in [-0.15, -0.1) is 0 Å². The third-order valence-corrected chi connectivity index (χ3v) is 13.4. The van der Waals surface area contributed by atoms with Gasteiger partial charge in [0.2, 0.25) is 41.4 Å². The highest BCUT2D eigenvalue weighted by Crippen LogP contribution is 2.15. The molecular formula is C52H75N13O25. The number of aromatic nitrogens is 4. The number of hydrogen-bond acceptors (Lipinski definition) is 27. The zero-order valence-corrected chi connectivity index (χ0v) is 48.1. The number of H-pyrrole nitrogens is 1. The number of aliphatic hydroxyl groups is 10. The second-order valence-corrected chi connectivity index (χ2v) is 20.4. The molecule has 24 N–H and O–H groups in total. The maximum absolute atomic E-state index is 14.2. The van der Waals surface area contributed by atoms with E-state index in [2.05, 4.69) is 62.5 Å². The van der Waals surface area contributed by atoms with E-state index in [1.54, 1.807) is 0 Å². The Hall–Kier alpha value is -8.99. The van der Waals surface area contributed by atoms with Gasteiger partial charge < -0.3 is 115 Å². The van der Waals surface area contributed by atoms with Crippen LogP contribution in [-0.4, -0.2) is 257 Å². The van der Waals surface area contributed by atoms with Crippen molar-refractivity contribution in [3.05, 3.63) is 52.1 Å².